The highest BCUT2D eigenvalue weighted by atomic mass is 16.2. The van der Waals surface area contributed by atoms with Gasteiger partial charge in [0.2, 0.25) is 11.9 Å². The zero-order chi connectivity index (χ0) is 18.3. The van der Waals surface area contributed by atoms with Crippen molar-refractivity contribution in [2.45, 2.75) is 12.6 Å². The van der Waals surface area contributed by atoms with Gasteiger partial charge in [0, 0.05) is 18.2 Å². The lowest BCUT2D eigenvalue weighted by molar-refractivity contribution is -0.127. The van der Waals surface area contributed by atoms with Crippen molar-refractivity contribution in [3.63, 3.8) is 0 Å². The molecule has 2 heterocycles. The Hall–Kier alpha value is -3.68. The number of aliphatic imine (C=N–C) groups is 2. The topological polar surface area (TPSA) is 112 Å². The summed E-state index contributed by atoms with van der Waals surface area (Å²) in [6.45, 7) is 1.33. The van der Waals surface area contributed by atoms with Crippen LogP contribution in [0, 0.1) is 0 Å². The lowest BCUT2D eigenvalue weighted by Crippen LogP contribution is -2.51. The third-order valence-corrected chi connectivity index (χ3v) is 4.18. The quantitative estimate of drug-likeness (QED) is 0.715. The van der Waals surface area contributed by atoms with Gasteiger partial charge in [-0.15, -0.1) is 0 Å². The number of anilines is 2. The van der Waals surface area contributed by atoms with E-state index in [0.29, 0.717) is 11.3 Å². The molecule has 0 aliphatic carbocycles. The minimum atomic E-state index is -1.62. The largest absolute Gasteiger partial charge is 0.370 e. The van der Waals surface area contributed by atoms with Crippen molar-refractivity contribution in [2.75, 3.05) is 10.2 Å². The fourth-order valence-corrected chi connectivity index (χ4v) is 3.13. The van der Waals surface area contributed by atoms with E-state index in [1.807, 2.05) is 30.3 Å². The van der Waals surface area contributed by atoms with Gasteiger partial charge in [-0.1, -0.05) is 36.4 Å². The molecule has 130 valence electrons. The lowest BCUT2D eigenvalue weighted by Gasteiger charge is -2.26. The molecule has 0 unspecified atom stereocenters. The maximum Gasteiger partial charge on any atom is 0.289 e. The molecule has 0 fully saturated rings. The Morgan fingerprint density at radius 3 is 2.54 bits per heavy atom. The van der Waals surface area contributed by atoms with Crippen LogP contribution in [0.5, 0.6) is 0 Å². The van der Waals surface area contributed by atoms with Crippen LogP contribution in [-0.4, -0.2) is 23.7 Å². The van der Waals surface area contributed by atoms with Crippen LogP contribution >= 0.6 is 0 Å². The third kappa shape index (κ3) is 2.31. The number of carbonyl (C=O) groups is 2. The Morgan fingerprint density at radius 2 is 1.81 bits per heavy atom. The second-order valence-electron chi connectivity index (χ2n) is 5.92. The van der Waals surface area contributed by atoms with Crippen LogP contribution < -0.4 is 21.3 Å². The van der Waals surface area contributed by atoms with Gasteiger partial charge in [0.1, 0.15) is 0 Å². The third-order valence-electron chi connectivity index (χ3n) is 4.18. The van der Waals surface area contributed by atoms with Crippen molar-refractivity contribution in [3.8, 4) is 0 Å². The van der Waals surface area contributed by atoms with Crippen LogP contribution in [0.15, 0.2) is 64.6 Å². The van der Waals surface area contributed by atoms with Crippen LogP contribution in [-0.2, 0) is 15.3 Å². The van der Waals surface area contributed by atoms with Crippen LogP contribution in [0.4, 0.5) is 11.4 Å². The van der Waals surface area contributed by atoms with Gasteiger partial charge in [-0.3, -0.25) is 14.9 Å². The van der Waals surface area contributed by atoms with Crippen molar-refractivity contribution in [2.24, 2.45) is 15.7 Å². The predicted octanol–water partition coefficient (Wildman–Crippen LogP) is 1.12. The van der Waals surface area contributed by atoms with Crippen LogP contribution in [0.2, 0.25) is 0 Å². The van der Waals surface area contributed by atoms with Gasteiger partial charge in [-0.2, -0.15) is 0 Å². The molecule has 1 spiro atoms. The molecule has 2 amide bonds. The van der Waals surface area contributed by atoms with Gasteiger partial charge in [-0.05, 0) is 18.2 Å². The average Bonchev–Trinajstić information content (AvgIpc) is 2.84. The molecule has 0 aromatic heterocycles. The number of nitrogens with zero attached hydrogens (tertiary/aromatic N) is 3. The summed E-state index contributed by atoms with van der Waals surface area (Å²) in [7, 11) is 0. The van der Waals surface area contributed by atoms with E-state index < -0.39 is 17.5 Å². The van der Waals surface area contributed by atoms with Crippen LogP contribution in [0.1, 0.15) is 12.5 Å². The first-order valence-corrected chi connectivity index (χ1v) is 8.00. The van der Waals surface area contributed by atoms with E-state index in [-0.39, 0.29) is 11.9 Å². The number of nitrogens with one attached hydrogen (secondary N) is 2. The van der Waals surface area contributed by atoms with Crippen molar-refractivity contribution >= 4 is 35.1 Å². The molecule has 2 aromatic rings. The van der Waals surface area contributed by atoms with Gasteiger partial charge in [0.15, 0.2) is 5.96 Å². The number of amides is 2. The number of fused-ring (bicyclic) bond motifs is 2. The minimum Gasteiger partial charge on any atom is -0.370 e. The molecule has 8 heteroatoms. The molecule has 0 saturated carbocycles. The number of para-hydroxylation sites is 2. The first-order chi connectivity index (χ1) is 12.5. The number of hydrogen-bond acceptors (Lipinski definition) is 7. The molecule has 8 nitrogen and oxygen atoms in total. The van der Waals surface area contributed by atoms with Crippen molar-refractivity contribution < 1.29 is 9.59 Å². The van der Waals surface area contributed by atoms with E-state index in [0.717, 1.165) is 10.6 Å². The monoisotopic (exact) mass is 348 g/mol. The summed E-state index contributed by atoms with van der Waals surface area (Å²) < 4.78 is 0. The number of benzene rings is 2. The number of hydrogen-bond donors (Lipinski definition) is 3. The Labute approximate surface area is 149 Å². The number of guanidine groups is 2. The van der Waals surface area contributed by atoms with Gasteiger partial charge in [-0.25, -0.2) is 14.9 Å². The Morgan fingerprint density at radius 1 is 1.12 bits per heavy atom. The zero-order valence-electron chi connectivity index (χ0n) is 13.9. The summed E-state index contributed by atoms with van der Waals surface area (Å²) in [5.74, 6) is -0.647. The Bertz CT molecular complexity index is 969. The molecule has 0 saturated heterocycles. The molecule has 0 radical (unpaired) electrons. The molecule has 4 rings (SSSR count). The van der Waals surface area contributed by atoms with Crippen LogP contribution in [0.25, 0.3) is 0 Å². The van der Waals surface area contributed by atoms with Crippen molar-refractivity contribution in [1.82, 2.24) is 5.32 Å². The van der Waals surface area contributed by atoms with Crippen molar-refractivity contribution in [3.05, 3.63) is 60.2 Å². The smallest absolute Gasteiger partial charge is 0.289 e. The predicted molar refractivity (Wildman–Crippen MR) is 98.5 cm³/mol. The Balaban J connectivity index is 1.84. The Kier molecular flexibility index (Phi) is 3.47. The summed E-state index contributed by atoms with van der Waals surface area (Å²) in [5.41, 5.74) is 6.06. The van der Waals surface area contributed by atoms with E-state index in [2.05, 4.69) is 20.6 Å². The first kappa shape index (κ1) is 15.8. The second-order valence-corrected chi connectivity index (χ2v) is 5.92. The molecular weight excluding hydrogens is 332 g/mol. The molecular formula is C18H16N6O2. The highest BCUT2D eigenvalue weighted by molar-refractivity contribution is 6.24. The highest BCUT2D eigenvalue weighted by Crippen LogP contribution is 2.44. The molecule has 2 aliphatic heterocycles. The van der Waals surface area contributed by atoms with Gasteiger partial charge in [0.25, 0.3) is 11.6 Å². The first-order valence-electron chi connectivity index (χ1n) is 8.00. The number of imide groups is 1. The summed E-state index contributed by atoms with van der Waals surface area (Å²) in [6, 6.07) is 16.3. The fraction of sp³-hybridized carbons (Fsp3) is 0.111. The summed E-state index contributed by atoms with van der Waals surface area (Å²) >= 11 is 0. The number of nitrogens with two attached hydrogens (primary N) is 1. The van der Waals surface area contributed by atoms with E-state index >= 15 is 0 Å². The second kappa shape index (κ2) is 5.69. The zero-order valence-corrected chi connectivity index (χ0v) is 13.9. The van der Waals surface area contributed by atoms with E-state index in [1.165, 1.54) is 6.92 Å². The van der Waals surface area contributed by atoms with Gasteiger partial charge < -0.3 is 11.1 Å². The maximum atomic E-state index is 13.1. The van der Waals surface area contributed by atoms with E-state index in [9.17, 15) is 9.59 Å². The summed E-state index contributed by atoms with van der Waals surface area (Å²) in [5, 5.41) is 5.90. The van der Waals surface area contributed by atoms with Crippen molar-refractivity contribution in [1.29, 1.82) is 0 Å². The van der Waals surface area contributed by atoms with E-state index in [1.54, 1.807) is 24.3 Å². The normalized spacial score (nSPS) is 21.0. The number of rotatable bonds is 1. The maximum absolute atomic E-state index is 13.1. The summed E-state index contributed by atoms with van der Waals surface area (Å²) in [6.07, 6.45) is 0. The SMILES string of the molecule is CC(=O)N1C(=O)[C@]2(N=C(N)NC(Nc3ccccc3)=N2)c2ccccc21. The average molecular weight is 348 g/mol. The fourth-order valence-electron chi connectivity index (χ4n) is 3.13. The molecule has 2 aliphatic rings. The highest BCUT2D eigenvalue weighted by Gasteiger charge is 2.54. The summed E-state index contributed by atoms with van der Waals surface area (Å²) in [4.78, 5) is 35.0. The molecule has 26 heavy (non-hydrogen) atoms. The van der Waals surface area contributed by atoms with E-state index in [4.69, 9.17) is 5.73 Å². The van der Waals surface area contributed by atoms with Crippen LogP contribution in [0.3, 0.4) is 0 Å². The van der Waals surface area contributed by atoms with Gasteiger partial charge >= 0.3 is 0 Å². The lowest BCUT2D eigenvalue weighted by atomic mass is 10.0. The molecule has 0 bridgehead atoms. The minimum absolute atomic E-state index is 0.0342. The molecule has 4 N–H and O–H groups in total. The molecule has 1 atom stereocenters. The standard InChI is InChI=1S/C18H16N6O2/c1-11(25)24-14-10-6-5-9-13(14)18(15(24)26)22-16(19)21-17(23-18)20-12-7-3-2-4-8-12/h2-10H,1H3,(H4,19,20,21,22,23)/t18-/m0/s1. The van der Waals surface area contributed by atoms with Gasteiger partial charge in [0.05, 0.1) is 5.69 Å². The number of carbonyl (C=O) groups excluding carboxylic acids is 2. The molecule has 2 aromatic carbocycles.